The highest BCUT2D eigenvalue weighted by atomic mass is 32.2. The fourth-order valence-corrected chi connectivity index (χ4v) is 5.25. The lowest BCUT2D eigenvalue weighted by atomic mass is 10.5. The lowest BCUT2D eigenvalue weighted by molar-refractivity contribution is -0.119. The van der Waals surface area contributed by atoms with Crippen molar-refractivity contribution in [1.82, 2.24) is 51.2 Å². The number of nitrogens with one attached hydrogen (secondary N) is 4. The van der Waals surface area contributed by atoms with Gasteiger partial charge in [-0.2, -0.15) is 0 Å². The van der Waals surface area contributed by atoms with Crippen molar-refractivity contribution in [2.45, 2.75) is 46.1 Å². The normalized spacial score (nSPS) is 10.6. The molecule has 0 aliphatic carbocycles. The quantitative estimate of drug-likeness (QED) is 0.0374. The molecule has 0 saturated heterocycles. The number of hydrazine groups is 2. The van der Waals surface area contributed by atoms with E-state index < -0.39 is 0 Å². The minimum absolute atomic E-state index is 0.0953. The van der Waals surface area contributed by atoms with Crippen molar-refractivity contribution in [1.29, 1.82) is 0 Å². The van der Waals surface area contributed by atoms with Crippen LogP contribution in [0.15, 0.2) is 51.3 Å². The molecule has 0 fully saturated rings. The average molecular weight is 657 g/mol. The number of aromatic amines is 2. The van der Waals surface area contributed by atoms with Crippen LogP contribution in [0.2, 0.25) is 0 Å². The molecule has 4 aromatic rings. The lowest BCUT2D eigenvalue weighted by Crippen LogP contribution is -2.31. The molecule has 0 aliphatic rings. The summed E-state index contributed by atoms with van der Waals surface area (Å²) in [4.78, 5) is 58.1. The predicted octanol–water partition coefficient (Wildman–Crippen LogP) is -0.329. The van der Waals surface area contributed by atoms with Crippen LogP contribution in [0.1, 0.15) is 23.2 Å². The van der Waals surface area contributed by atoms with Gasteiger partial charge in [-0.3, -0.25) is 30.0 Å². The van der Waals surface area contributed by atoms with E-state index in [4.69, 9.17) is 20.5 Å². The van der Waals surface area contributed by atoms with Crippen molar-refractivity contribution in [2.24, 2.45) is 11.7 Å². The van der Waals surface area contributed by atoms with E-state index in [0.29, 0.717) is 45.0 Å². The van der Waals surface area contributed by atoms with E-state index in [0.717, 1.165) is 23.5 Å². The van der Waals surface area contributed by atoms with Crippen LogP contribution in [-0.4, -0.2) is 63.7 Å². The number of carbonyl (C=O) groups excluding carboxylic acids is 2. The largest absolute Gasteiger partial charge is 0.415 e. The number of amides is 2. The molecule has 4 rings (SSSR count). The first-order chi connectivity index (χ1) is 20.1. The third-order valence-corrected chi connectivity index (χ3v) is 7.59. The van der Waals surface area contributed by atoms with Crippen LogP contribution in [0.25, 0.3) is 0 Å². The van der Waals surface area contributed by atoms with Gasteiger partial charge in [0.1, 0.15) is 0 Å². The van der Waals surface area contributed by atoms with Gasteiger partial charge in [-0.1, -0.05) is 47.0 Å². The van der Waals surface area contributed by atoms with Crippen LogP contribution >= 0.6 is 47.0 Å². The number of hydrogen-bond donors (Lipinski definition) is 6. The summed E-state index contributed by atoms with van der Waals surface area (Å²) in [5.41, 5.74) is 4.86. The zero-order chi connectivity index (χ0) is 30.5. The molecule has 42 heavy (non-hydrogen) atoms. The Kier molecular flexibility index (Phi) is 13.0. The number of aryl methyl sites for hydroxylation is 2. The van der Waals surface area contributed by atoms with Crippen LogP contribution in [0.4, 0.5) is 0 Å². The standard InChI is InChI=1S/2C10H12N6O3S2/c2*1-5-2-6(17)13-9(12-5)20-4-8-15-16-10(19-8)21-3-7(18)14-11/h2*2H,3-4,11H2,1H3,(H,14,18)(H,12,13,17). The molecule has 0 saturated carbocycles. The number of hydrogen-bond acceptors (Lipinski definition) is 18. The Balaban J connectivity index is 0.000000230. The molecule has 0 aromatic carbocycles. The molecule has 18 nitrogen and oxygen atoms in total. The van der Waals surface area contributed by atoms with E-state index in [1.54, 1.807) is 13.8 Å². The third-order valence-electron chi connectivity index (χ3n) is 4.23. The molecular formula is C20H24N12O6S4. The van der Waals surface area contributed by atoms with Crippen molar-refractivity contribution >= 4 is 58.9 Å². The fourth-order valence-electron chi connectivity index (χ4n) is 2.55. The van der Waals surface area contributed by atoms with Gasteiger partial charge in [0.25, 0.3) is 21.6 Å². The highest BCUT2D eigenvalue weighted by Crippen LogP contribution is 2.22. The van der Waals surface area contributed by atoms with Gasteiger partial charge in [0, 0.05) is 23.5 Å². The Bertz CT molecular complexity index is 1490. The smallest absolute Gasteiger partial charge is 0.277 e. The summed E-state index contributed by atoms with van der Waals surface area (Å²) < 4.78 is 10.7. The topological polar surface area (TPSA) is 280 Å². The maximum Gasteiger partial charge on any atom is 0.277 e. The number of nitrogens with two attached hydrogens (primary N) is 2. The van der Waals surface area contributed by atoms with Crippen LogP contribution in [0, 0.1) is 13.8 Å². The van der Waals surface area contributed by atoms with Gasteiger partial charge in [-0.15, -0.1) is 20.4 Å². The highest BCUT2D eigenvalue weighted by molar-refractivity contribution is 8.00. The zero-order valence-electron chi connectivity index (χ0n) is 21.9. The molecule has 0 radical (unpaired) electrons. The summed E-state index contributed by atoms with van der Waals surface area (Å²) in [6.07, 6.45) is 0. The zero-order valence-corrected chi connectivity index (χ0v) is 25.2. The summed E-state index contributed by atoms with van der Waals surface area (Å²) in [6, 6.07) is 2.82. The van der Waals surface area contributed by atoms with E-state index in [2.05, 4.69) is 40.3 Å². The summed E-state index contributed by atoms with van der Waals surface area (Å²) in [5.74, 6) is 10.9. The molecule has 0 unspecified atom stereocenters. The summed E-state index contributed by atoms with van der Waals surface area (Å²) in [5, 5.41) is 16.8. The van der Waals surface area contributed by atoms with Crippen LogP contribution in [0.3, 0.4) is 0 Å². The maximum absolute atomic E-state index is 11.3. The average Bonchev–Trinajstić information content (AvgIpc) is 3.61. The van der Waals surface area contributed by atoms with Crippen molar-refractivity contribution in [3.63, 3.8) is 0 Å². The number of aromatic nitrogens is 8. The molecule has 0 bridgehead atoms. The Labute approximate surface area is 253 Å². The maximum atomic E-state index is 11.3. The molecule has 22 heteroatoms. The predicted molar refractivity (Wildman–Crippen MR) is 153 cm³/mol. The lowest BCUT2D eigenvalue weighted by Gasteiger charge is -1.98. The van der Waals surface area contributed by atoms with E-state index in [1.807, 2.05) is 10.9 Å². The molecule has 224 valence electrons. The Morgan fingerprint density at radius 1 is 0.738 bits per heavy atom. The van der Waals surface area contributed by atoms with Crippen LogP contribution in [-0.2, 0) is 21.1 Å². The monoisotopic (exact) mass is 656 g/mol. The minimum atomic E-state index is -0.337. The number of thioether (sulfide) groups is 4. The van der Waals surface area contributed by atoms with Crippen molar-refractivity contribution < 1.29 is 18.4 Å². The summed E-state index contributed by atoms with van der Waals surface area (Å²) in [7, 11) is 0. The van der Waals surface area contributed by atoms with Gasteiger partial charge in [-0.05, 0) is 13.8 Å². The van der Waals surface area contributed by atoms with Crippen molar-refractivity contribution in [3.05, 3.63) is 56.0 Å². The molecule has 8 N–H and O–H groups in total. The number of nitrogens with zero attached hydrogens (tertiary/aromatic N) is 6. The summed E-state index contributed by atoms with van der Waals surface area (Å²) >= 11 is 4.72. The third kappa shape index (κ3) is 11.7. The van der Waals surface area contributed by atoms with Crippen LogP contribution < -0.4 is 33.7 Å². The molecule has 2 amide bonds. The molecule has 0 atom stereocenters. The van der Waals surface area contributed by atoms with E-state index >= 15 is 0 Å². The van der Waals surface area contributed by atoms with Crippen molar-refractivity contribution in [3.8, 4) is 0 Å². The van der Waals surface area contributed by atoms with Crippen LogP contribution in [0.5, 0.6) is 0 Å². The minimum Gasteiger partial charge on any atom is -0.415 e. The second kappa shape index (κ2) is 16.7. The SMILES string of the molecule is Cc1cc(=O)[nH]c(SCc2nnc(SCC(=O)NN)o2)n1.Cc1cc(=O)[nH]c(SCc2nnc(SCC(=O)NN)o2)n1. The van der Waals surface area contributed by atoms with Gasteiger partial charge >= 0.3 is 0 Å². The van der Waals surface area contributed by atoms with Gasteiger partial charge in [0.15, 0.2) is 10.3 Å². The summed E-state index contributed by atoms with van der Waals surface area (Å²) in [6.45, 7) is 3.48. The van der Waals surface area contributed by atoms with E-state index in [-0.39, 0.29) is 44.9 Å². The first-order valence-electron chi connectivity index (χ1n) is 11.4. The molecule has 0 spiro atoms. The van der Waals surface area contributed by atoms with Gasteiger partial charge in [-0.25, -0.2) is 21.7 Å². The second-order valence-electron chi connectivity index (χ2n) is 7.60. The fraction of sp³-hybridized carbons (Fsp3) is 0.300. The van der Waals surface area contributed by atoms with E-state index in [9.17, 15) is 19.2 Å². The molecular weight excluding hydrogens is 633 g/mol. The molecule has 0 aliphatic heterocycles. The first kappa shape index (κ1) is 32.8. The van der Waals surface area contributed by atoms with Gasteiger partial charge < -0.3 is 18.8 Å². The van der Waals surface area contributed by atoms with Gasteiger partial charge in [0.2, 0.25) is 23.6 Å². The molecule has 4 aromatic heterocycles. The first-order valence-corrected chi connectivity index (χ1v) is 15.4. The van der Waals surface area contributed by atoms with Gasteiger partial charge in [0.05, 0.1) is 23.0 Å². The Hall–Kier alpha value is -3.70. The van der Waals surface area contributed by atoms with Crippen molar-refractivity contribution in [2.75, 3.05) is 11.5 Å². The highest BCUT2D eigenvalue weighted by Gasteiger charge is 2.11. The Morgan fingerprint density at radius 2 is 1.14 bits per heavy atom. The van der Waals surface area contributed by atoms with E-state index in [1.165, 1.54) is 35.7 Å². The number of H-pyrrole nitrogens is 2. The Morgan fingerprint density at radius 3 is 1.50 bits per heavy atom. The second-order valence-corrected chi connectivity index (χ2v) is 11.4. The number of rotatable bonds is 12. The number of carbonyl (C=O) groups is 2. The molecule has 4 heterocycles.